The minimum absolute atomic E-state index is 0.183. The zero-order chi connectivity index (χ0) is 18.0. The third-order valence-corrected chi connectivity index (χ3v) is 6.31. The Hall–Kier alpha value is -1.84. The van der Waals surface area contributed by atoms with Crippen LogP contribution in [0.15, 0.2) is 34.1 Å². The minimum atomic E-state index is -3.65. The number of amides is 1. The van der Waals surface area contributed by atoms with Gasteiger partial charge in [-0.3, -0.25) is 4.79 Å². The first-order valence-corrected chi connectivity index (χ1v) is 9.55. The lowest BCUT2D eigenvalue weighted by Gasteiger charge is -2.17. The van der Waals surface area contributed by atoms with Crippen LogP contribution in [0.5, 0.6) is 0 Å². The number of sulfonamides is 1. The van der Waals surface area contributed by atoms with Gasteiger partial charge in [0.2, 0.25) is 5.91 Å². The second-order valence-corrected chi connectivity index (χ2v) is 9.51. The van der Waals surface area contributed by atoms with E-state index in [-0.39, 0.29) is 16.2 Å². The number of anilines is 1. The average Bonchev–Trinajstić information content (AvgIpc) is 3.01. The molecule has 0 fully saturated rings. The van der Waals surface area contributed by atoms with E-state index in [1.807, 2.05) is 20.8 Å². The summed E-state index contributed by atoms with van der Waals surface area (Å²) in [6.07, 6.45) is 3.03. The quantitative estimate of drug-likeness (QED) is 0.872. The largest absolute Gasteiger partial charge is 0.322 e. The number of carbonyl (C=O) groups is 1. The van der Waals surface area contributed by atoms with E-state index in [1.165, 1.54) is 25.5 Å². The van der Waals surface area contributed by atoms with Gasteiger partial charge in [0.05, 0.1) is 24.6 Å². The average molecular weight is 368 g/mol. The highest BCUT2D eigenvalue weighted by Crippen LogP contribution is 2.20. The van der Waals surface area contributed by atoms with Crippen molar-refractivity contribution in [1.29, 1.82) is 0 Å². The van der Waals surface area contributed by atoms with Crippen LogP contribution < -0.4 is 5.32 Å². The minimum Gasteiger partial charge on any atom is -0.322 e. The van der Waals surface area contributed by atoms with Crippen molar-refractivity contribution in [3.8, 4) is 0 Å². The summed E-state index contributed by atoms with van der Waals surface area (Å²) in [4.78, 5) is 20.5. The SMILES string of the molecule is CN(CC(=O)Nc1cnc(C(C)(C)C)nc1)S(=O)(=O)c1cccs1. The molecule has 0 saturated heterocycles. The number of likely N-dealkylation sites (N-methyl/N-ethyl adjacent to an activating group) is 1. The highest BCUT2D eigenvalue weighted by Gasteiger charge is 2.24. The van der Waals surface area contributed by atoms with Gasteiger partial charge < -0.3 is 5.32 Å². The van der Waals surface area contributed by atoms with Crippen molar-refractivity contribution in [2.24, 2.45) is 0 Å². The first-order valence-electron chi connectivity index (χ1n) is 7.23. The molecule has 24 heavy (non-hydrogen) atoms. The highest BCUT2D eigenvalue weighted by molar-refractivity contribution is 7.91. The van der Waals surface area contributed by atoms with Gasteiger partial charge in [0.1, 0.15) is 10.0 Å². The fourth-order valence-corrected chi connectivity index (χ4v) is 4.16. The Morgan fingerprint density at radius 2 is 1.92 bits per heavy atom. The van der Waals surface area contributed by atoms with Crippen molar-refractivity contribution >= 4 is 33.0 Å². The Morgan fingerprint density at radius 3 is 2.42 bits per heavy atom. The predicted octanol–water partition coefficient (Wildman–Crippen LogP) is 2.09. The number of hydrogen-bond donors (Lipinski definition) is 1. The molecule has 0 radical (unpaired) electrons. The molecule has 0 saturated carbocycles. The Kier molecular flexibility index (Phi) is 5.36. The lowest BCUT2D eigenvalue weighted by molar-refractivity contribution is -0.116. The Balaban J connectivity index is 2.01. The van der Waals surface area contributed by atoms with E-state index in [1.54, 1.807) is 11.4 Å². The van der Waals surface area contributed by atoms with Gasteiger partial charge in [0.15, 0.2) is 0 Å². The van der Waals surface area contributed by atoms with E-state index in [0.717, 1.165) is 15.6 Å². The third-order valence-electron chi connectivity index (χ3n) is 3.13. The zero-order valence-corrected chi connectivity index (χ0v) is 15.6. The molecule has 0 aromatic carbocycles. The van der Waals surface area contributed by atoms with E-state index in [0.29, 0.717) is 11.5 Å². The van der Waals surface area contributed by atoms with Crippen LogP contribution in [-0.4, -0.2) is 42.2 Å². The predicted molar refractivity (Wildman–Crippen MR) is 93.5 cm³/mol. The summed E-state index contributed by atoms with van der Waals surface area (Å²) < 4.78 is 25.8. The van der Waals surface area contributed by atoms with Crippen LogP contribution in [0.3, 0.4) is 0 Å². The van der Waals surface area contributed by atoms with Gasteiger partial charge in [-0.05, 0) is 11.4 Å². The van der Waals surface area contributed by atoms with E-state index in [9.17, 15) is 13.2 Å². The fraction of sp³-hybridized carbons (Fsp3) is 0.400. The number of aromatic nitrogens is 2. The molecular weight excluding hydrogens is 348 g/mol. The van der Waals surface area contributed by atoms with Gasteiger partial charge >= 0.3 is 0 Å². The summed E-state index contributed by atoms with van der Waals surface area (Å²) in [5.74, 6) is 0.211. The van der Waals surface area contributed by atoms with Crippen LogP contribution in [0.25, 0.3) is 0 Å². The Bertz CT molecular complexity index is 794. The molecule has 0 atom stereocenters. The lowest BCUT2D eigenvalue weighted by Crippen LogP contribution is -2.34. The number of nitrogens with one attached hydrogen (secondary N) is 1. The summed E-state index contributed by atoms with van der Waals surface area (Å²) in [6.45, 7) is 5.68. The number of nitrogens with zero attached hydrogens (tertiary/aromatic N) is 3. The van der Waals surface area contributed by atoms with Crippen LogP contribution in [0.1, 0.15) is 26.6 Å². The summed E-state index contributed by atoms with van der Waals surface area (Å²) in [6, 6.07) is 3.16. The van der Waals surface area contributed by atoms with E-state index in [2.05, 4.69) is 15.3 Å². The summed E-state index contributed by atoms with van der Waals surface area (Å²) in [5.41, 5.74) is 0.243. The third kappa shape index (κ3) is 4.37. The maximum atomic E-state index is 12.3. The first kappa shape index (κ1) is 18.5. The number of thiophene rings is 1. The van der Waals surface area contributed by atoms with Crippen LogP contribution in [-0.2, 0) is 20.2 Å². The maximum Gasteiger partial charge on any atom is 0.252 e. The van der Waals surface area contributed by atoms with Gasteiger partial charge in [-0.2, -0.15) is 4.31 Å². The van der Waals surface area contributed by atoms with Crippen LogP contribution in [0.4, 0.5) is 5.69 Å². The molecule has 0 aliphatic heterocycles. The van der Waals surface area contributed by atoms with Crippen molar-refractivity contribution in [2.45, 2.75) is 30.4 Å². The van der Waals surface area contributed by atoms with Gasteiger partial charge in [0.25, 0.3) is 10.0 Å². The number of carbonyl (C=O) groups excluding carboxylic acids is 1. The smallest absolute Gasteiger partial charge is 0.252 e. The highest BCUT2D eigenvalue weighted by atomic mass is 32.2. The molecular formula is C15H20N4O3S2. The Labute approximate surface area is 145 Å². The van der Waals surface area contributed by atoms with Gasteiger partial charge in [-0.15, -0.1) is 11.3 Å². The summed E-state index contributed by atoms with van der Waals surface area (Å²) >= 11 is 1.11. The Morgan fingerprint density at radius 1 is 1.29 bits per heavy atom. The van der Waals surface area contributed by atoms with Crippen molar-refractivity contribution in [1.82, 2.24) is 14.3 Å². The maximum absolute atomic E-state index is 12.3. The van der Waals surface area contributed by atoms with Gasteiger partial charge in [-0.25, -0.2) is 18.4 Å². The molecule has 0 aliphatic carbocycles. The molecule has 2 aromatic heterocycles. The molecule has 2 heterocycles. The molecule has 0 aliphatic rings. The number of hydrogen-bond acceptors (Lipinski definition) is 6. The van der Waals surface area contributed by atoms with E-state index >= 15 is 0 Å². The van der Waals surface area contributed by atoms with Crippen LogP contribution >= 0.6 is 11.3 Å². The molecule has 9 heteroatoms. The van der Waals surface area contributed by atoms with Crippen LogP contribution in [0, 0.1) is 0 Å². The summed E-state index contributed by atoms with van der Waals surface area (Å²) in [7, 11) is -2.28. The molecule has 0 spiro atoms. The normalized spacial score (nSPS) is 12.4. The van der Waals surface area contributed by atoms with Crippen molar-refractivity contribution in [2.75, 3.05) is 18.9 Å². The molecule has 0 unspecified atom stereocenters. The van der Waals surface area contributed by atoms with E-state index in [4.69, 9.17) is 0 Å². The standard InChI is InChI=1S/C15H20N4O3S2/c1-15(2,3)14-16-8-11(9-17-14)18-12(20)10-19(4)24(21,22)13-6-5-7-23-13/h5-9H,10H2,1-4H3,(H,18,20). The molecule has 1 N–H and O–H groups in total. The summed E-state index contributed by atoms with van der Waals surface area (Å²) in [5, 5.41) is 4.28. The van der Waals surface area contributed by atoms with E-state index < -0.39 is 15.9 Å². The molecule has 7 nitrogen and oxygen atoms in total. The lowest BCUT2D eigenvalue weighted by atomic mass is 9.96. The van der Waals surface area contributed by atoms with Crippen molar-refractivity contribution in [3.63, 3.8) is 0 Å². The molecule has 0 bridgehead atoms. The monoisotopic (exact) mass is 368 g/mol. The number of rotatable bonds is 5. The second kappa shape index (κ2) is 6.96. The van der Waals surface area contributed by atoms with Crippen molar-refractivity contribution < 1.29 is 13.2 Å². The molecule has 2 aromatic rings. The van der Waals surface area contributed by atoms with Crippen LogP contribution in [0.2, 0.25) is 0 Å². The molecule has 2 rings (SSSR count). The van der Waals surface area contributed by atoms with Gasteiger partial charge in [0, 0.05) is 12.5 Å². The van der Waals surface area contributed by atoms with Gasteiger partial charge in [-0.1, -0.05) is 26.8 Å². The topological polar surface area (TPSA) is 92.3 Å². The first-order chi connectivity index (χ1) is 11.1. The molecule has 130 valence electrons. The zero-order valence-electron chi connectivity index (χ0n) is 14.0. The second-order valence-electron chi connectivity index (χ2n) is 6.29. The van der Waals surface area contributed by atoms with Crippen molar-refractivity contribution in [3.05, 3.63) is 35.7 Å². The fourth-order valence-electron chi connectivity index (χ4n) is 1.83. The molecule has 1 amide bonds.